The molecule has 27 heavy (non-hydrogen) atoms. The molecule has 146 valence electrons. The fourth-order valence-electron chi connectivity index (χ4n) is 4.51. The van der Waals surface area contributed by atoms with Gasteiger partial charge >= 0.3 is 0 Å². The van der Waals surface area contributed by atoms with E-state index in [4.69, 9.17) is 0 Å². The third-order valence-corrected chi connectivity index (χ3v) is 5.82. The maximum Gasteiger partial charge on any atom is 0.272 e. The number of para-hydroxylation sites is 1. The minimum atomic E-state index is -0.0648. The zero-order valence-corrected chi connectivity index (χ0v) is 16.8. The zero-order chi connectivity index (χ0) is 18.3. The summed E-state index contributed by atoms with van der Waals surface area (Å²) in [6.45, 7) is 6.51. The van der Waals surface area contributed by atoms with Gasteiger partial charge in [-0.1, -0.05) is 24.3 Å². The quantitative estimate of drug-likeness (QED) is 0.814. The number of rotatable bonds is 4. The van der Waals surface area contributed by atoms with Crippen LogP contribution in [0.1, 0.15) is 23.3 Å². The second-order valence-corrected chi connectivity index (χ2v) is 7.67. The smallest absolute Gasteiger partial charge is 0.272 e. The summed E-state index contributed by atoms with van der Waals surface area (Å²) in [4.78, 5) is 17.9. The van der Waals surface area contributed by atoms with Crippen molar-refractivity contribution in [3.63, 3.8) is 0 Å². The van der Waals surface area contributed by atoms with Gasteiger partial charge in [-0.3, -0.25) is 14.4 Å². The number of allylic oxidation sites excluding steroid dienone is 1. The Morgan fingerprint density at radius 2 is 1.93 bits per heavy atom. The average Bonchev–Trinajstić information content (AvgIpc) is 2.96. The third kappa shape index (κ3) is 3.74. The molecule has 6 nitrogen and oxygen atoms in total. The van der Waals surface area contributed by atoms with Crippen molar-refractivity contribution in [2.75, 3.05) is 27.2 Å². The molecule has 2 fully saturated rings. The number of piperidine rings is 1. The molecule has 2 aliphatic heterocycles. The number of carbonyl (C=O) groups excluding carboxylic acids is 1. The predicted octanol–water partition coefficient (Wildman–Crippen LogP) is 2.15. The van der Waals surface area contributed by atoms with Gasteiger partial charge < -0.3 is 10.2 Å². The van der Waals surface area contributed by atoms with E-state index in [-0.39, 0.29) is 24.4 Å². The first-order valence-electron chi connectivity index (χ1n) is 9.34. The summed E-state index contributed by atoms with van der Waals surface area (Å²) in [5, 5.41) is 8.72. The number of hydrogen-bond acceptors (Lipinski definition) is 4. The van der Waals surface area contributed by atoms with Gasteiger partial charge in [-0.05, 0) is 33.0 Å². The Morgan fingerprint density at radius 1 is 1.26 bits per heavy atom. The molecule has 0 radical (unpaired) electrons. The minimum absolute atomic E-state index is 0. The van der Waals surface area contributed by atoms with Gasteiger partial charge in [0.05, 0.1) is 12.1 Å². The predicted molar refractivity (Wildman–Crippen MR) is 111 cm³/mol. The van der Waals surface area contributed by atoms with Gasteiger partial charge in [-0.2, -0.15) is 5.10 Å². The topological polar surface area (TPSA) is 53.4 Å². The molecule has 2 bridgehead atoms. The second kappa shape index (κ2) is 8.00. The van der Waals surface area contributed by atoms with Gasteiger partial charge in [-0.25, -0.2) is 0 Å². The highest BCUT2D eigenvalue weighted by Crippen LogP contribution is 2.27. The van der Waals surface area contributed by atoms with E-state index in [1.54, 1.807) is 6.08 Å². The van der Waals surface area contributed by atoms with Crippen LogP contribution in [0.2, 0.25) is 0 Å². The monoisotopic (exact) mass is 389 g/mol. The molecule has 2 aliphatic rings. The van der Waals surface area contributed by atoms with E-state index in [1.165, 1.54) is 0 Å². The van der Waals surface area contributed by atoms with Crippen LogP contribution < -0.4 is 5.32 Å². The normalized spacial score (nSPS) is 25.8. The van der Waals surface area contributed by atoms with Crippen LogP contribution in [0.15, 0.2) is 36.9 Å². The summed E-state index contributed by atoms with van der Waals surface area (Å²) in [6.07, 6.45) is 3.79. The average molecular weight is 390 g/mol. The SMILES string of the molecule is C=CCn1nc(C(=O)NC2CC3CN(C)CC(C2)N3C)c2ccccc21.Cl. The van der Waals surface area contributed by atoms with Crippen molar-refractivity contribution in [3.05, 3.63) is 42.6 Å². The number of benzene rings is 1. The lowest BCUT2D eigenvalue weighted by atomic mass is 9.88. The number of piperazine rings is 1. The standard InChI is InChI=1S/C20H27N5O.ClH/c1-4-9-25-18-8-6-5-7-17(18)19(22-25)20(26)21-14-10-15-12-23(2)13-16(11-14)24(15)3;/h4-8,14-16H,1,9-13H2,2-3H3,(H,21,26);1H. The van der Waals surface area contributed by atoms with Gasteiger partial charge in [0.2, 0.25) is 0 Å². The van der Waals surface area contributed by atoms with Crippen molar-refractivity contribution in [2.45, 2.75) is 37.5 Å². The number of nitrogens with zero attached hydrogens (tertiary/aromatic N) is 4. The Labute approximate surface area is 166 Å². The van der Waals surface area contributed by atoms with E-state index in [0.29, 0.717) is 24.3 Å². The van der Waals surface area contributed by atoms with Crippen LogP contribution in [0, 0.1) is 0 Å². The Bertz CT molecular complexity index is 819. The Balaban J connectivity index is 0.00000210. The molecule has 1 amide bonds. The van der Waals surface area contributed by atoms with E-state index in [2.05, 4.69) is 40.9 Å². The minimum Gasteiger partial charge on any atom is -0.348 e. The van der Waals surface area contributed by atoms with E-state index < -0.39 is 0 Å². The number of hydrogen-bond donors (Lipinski definition) is 1. The molecule has 2 unspecified atom stereocenters. The summed E-state index contributed by atoms with van der Waals surface area (Å²) in [7, 11) is 4.40. The highest BCUT2D eigenvalue weighted by atomic mass is 35.5. The lowest BCUT2D eigenvalue weighted by Gasteiger charge is -2.50. The molecular formula is C20H28ClN5O. The number of halogens is 1. The van der Waals surface area contributed by atoms with Crippen LogP contribution in [0.25, 0.3) is 10.9 Å². The van der Waals surface area contributed by atoms with E-state index >= 15 is 0 Å². The van der Waals surface area contributed by atoms with Crippen molar-refractivity contribution in [3.8, 4) is 0 Å². The number of amides is 1. The van der Waals surface area contributed by atoms with Crippen LogP contribution in [0.5, 0.6) is 0 Å². The Hall–Kier alpha value is -1.89. The van der Waals surface area contributed by atoms with Gasteiger partial charge in [0.1, 0.15) is 0 Å². The van der Waals surface area contributed by atoms with Crippen molar-refractivity contribution < 1.29 is 4.79 Å². The molecule has 0 spiro atoms. The van der Waals surface area contributed by atoms with E-state index in [9.17, 15) is 4.79 Å². The molecule has 2 atom stereocenters. The largest absolute Gasteiger partial charge is 0.348 e. The molecule has 2 aromatic rings. The number of fused-ring (bicyclic) bond motifs is 3. The fraction of sp³-hybridized carbons (Fsp3) is 0.500. The van der Waals surface area contributed by atoms with Crippen molar-refractivity contribution in [1.29, 1.82) is 0 Å². The number of carbonyl (C=O) groups is 1. The van der Waals surface area contributed by atoms with Crippen LogP contribution in [-0.4, -0.2) is 70.8 Å². The van der Waals surface area contributed by atoms with Crippen LogP contribution in [0.3, 0.4) is 0 Å². The molecule has 4 rings (SSSR count). The summed E-state index contributed by atoms with van der Waals surface area (Å²) in [6, 6.07) is 9.12. The second-order valence-electron chi connectivity index (χ2n) is 7.67. The molecular weight excluding hydrogens is 362 g/mol. The van der Waals surface area contributed by atoms with Crippen LogP contribution >= 0.6 is 12.4 Å². The van der Waals surface area contributed by atoms with Crippen LogP contribution in [-0.2, 0) is 6.54 Å². The van der Waals surface area contributed by atoms with Crippen molar-refractivity contribution in [1.82, 2.24) is 24.9 Å². The fourth-order valence-corrected chi connectivity index (χ4v) is 4.51. The number of nitrogens with one attached hydrogen (secondary N) is 1. The highest BCUT2D eigenvalue weighted by molar-refractivity contribution is 6.05. The summed E-state index contributed by atoms with van der Waals surface area (Å²) >= 11 is 0. The Morgan fingerprint density at radius 3 is 2.59 bits per heavy atom. The van der Waals surface area contributed by atoms with Gasteiger partial charge in [0.15, 0.2) is 5.69 Å². The molecule has 1 aromatic carbocycles. The maximum atomic E-state index is 13.0. The number of likely N-dealkylation sites (tertiary alicyclic amines) is 1. The van der Waals surface area contributed by atoms with E-state index in [0.717, 1.165) is 36.8 Å². The van der Waals surface area contributed by atoms with Crippen LogP contribution in [0.4, 0.5) is 0 Å². The van der Waals surface area contributed by atoms with E-state index in [1.807, 2.05) is 28.9 Å². The van der Waals surface area contributed by atoms with Crippen molar-refractivity contribution in [2.24, 2.45) is 0 Å². The van der Waals surface area contributed by atoms with Gasteiger partial charge in [0, 0.05) is 36.6 Å². The first-order chi connectivity index (χ1) is 12.6. The molecule has 0 aliphatic carbocycles. The molecule has 7 heteroatoms. The lowest BCUT2D eigenvalue weighted by molar-refractivity contribution is 0.00837. The van der Waals surface area contributed by atoms with Crippen molar-refractivity contribution >= 4 is 29.2 Å². The Kier molecular flexibility index (Phi) is 5.89. The third-order valence-electron chi connectivity index (χ3n) is 5.82. The molecule has 1 N–H and O–H groups in total. The molecule has 1 aromatic heterocycles. The number of likely N-dealkylation sites (N-methyl/N-ethyl adjacent to an activating group) is 2. The lowest BCUT2D eigenvalue weighted by Crippen LogP contribution is -2.63. The summed E-state index contributed by atoms with van der Waals surface area (Å²) < 4.78 is 1.84. The summed E-state index contributed by atoms with van der Waals surface area (Å²) in [5.74, 6) is -0.0648. The highest BCUT2D eigenvalue weighted by Gasteiger charge is 2.38. The zero-order valence-electron chi connectivity index (χ0n) is 16.0. The van der Waals surface area contributed by atoms with Gasteiger partial charge in [-0.15, -0.1) is 19.0 Å². The molecule has 2 saturated heterocycles. The number of aromatic nitrogens is 2. The first kappa shape index (κ1) is 19.9. The first-order valence-corrected chi connectivity index (χ1v) is 9.34. The maximum absolute atomic E-state index is 13.0. The van der Waals surface area contributed by atoms with Gasteiger partial charge in [0.25, 0.3) is 5.91 Å². The molecule has 3 heterocycles. The molecule has 0 saturated carbocycles. The summed E-state index contributed by atoms with van der Waals surface area (Å²) in [5.41, 5.74) is 1.49.